The van der Waals surface area contributed by atoms with Gasteiger partial charge in [-0.1, -0.05) is 6.08 Å². The lowest BCUT2D eigenvalue weighted by atomic mass is 10.1. The molecule has 0 bridgehead atoms. The van der Waals surface area contributed by atoms with Gasteiger partial charge in [0.2, 0.25) is 5.91 Å². The van der Waals surface area contributed by atoms with Crippen LogP contribution in [0.4, 0.5) is 0 Å². The van der Waals surface area contributed by atoms with Gasteiger partial charge >= 0.3 is 0 Å². The number of hydrogen-bond acceptors (Lipinski definition) is 3. The van der Waals surface area contributed by atoms with E-state index in [1.54, 1.807) is 0 Å². The fourth-order valence-electron chi connectivity index (χ4n) is 3.94. The Morgan fingerprint density at radius 1 is 1.33 bits per heavy atom. The summed E-state index contributed by atoms with van der Waals surface area (Å²) >= 11 is 0. The van der Waals surface area contributed by atoms with Gasteiger partial charge in [-0.15, -0.1) is 0 Å². The molecule has 0 radical (unpaired) electrons. The molecule has 4 heteroatoms. The van der Waals surface area contributed by atoms with E-state index in [0.29, 0.717) is 6.61 Å². The highest BCUT2D eigenvalue weighted by atomic mass is 16.5. The number of morpholine rings is 1. The summed E-state index contributed by atoms with van der Waals surface area (Å²) in [6.07, 6.45) is 10.3. The van der Waals surface area contributed by atoms with Crippen LogP contribution in [0.1, 0.15) is 44.9 Å². The van der Waals surface area contributed by atoms with Crippen molar-refractivity contribution in [1.82, 2.24) is 4.90 Å². The third kappa shape index (κ3) is 2.76. The van der Waals surface area contributed by atoms with E-state index in [1.807, 2.05) is 0 Å². The summed E-state index contributed by atoms with van der Waals surface area (Å²) in [7, 11) is 0. The van der Waals surface area contributed by atoms with E-state index in [2.05, 4.69) is 11.0 Å². The van der Waals surface area contributed by atoms with Crippen LogP contribution in [0.5, 0.6) is 0 Å². The van der Waals surface area contributed by atoms with Crippen molar-refractivity contribution in [2.45, 2.75) is 63.2 Å². The third-order valence-corrected chi connectivity index (χ3v) is 5.35. The number of fused-ring (bicyclic) bond motifs is 1. The summed E-state index contributed by atoms with van der Waals surface area (Å²) in [6, 6.07) is 0.233. The number of rotatable bonds is 4. The van der Waals surface area contributed by atoms with Crippen LogP contribution >= 0.6 is 0 Å². The second-order valence-electron chi connectivity index (χ2n) is 6.92. The lowest BCUT2D eigenvalue weighted by Crippen LogP contribution is -2.54. The zero-order chi connectivity index (χ0) is 14.2. The van der Waals surface area contributed by atoms with Crippen LogP contribution in [-0.2, 0) is 14.3 Å². The largest absolute Gasteiger partial charge is 0.375 e. The molecule has 3 fully saturated rings. The van der Waals surface area contributed by atoms with Crippen molar-refractivity contribution < 1.29 is 14.3 Å². The van der Waals surface area contributed by atoms with Crippen LogP contribution in [-0.4, -0.2) is 48.8 Å². The molecule has 0 aromatic heterocycles. The highest BCUT2D eigenvalue weighted by Crippen LogP contribution is 2.36. The van der Waals surface area contributed by atoms with Gasteiger partial charge in [0.05, 0.1) is 18.8 Å². The number of hydrogen-bond donors (Lipinski definition) is 0. The van der Waals surface area contributed by atoms with Crippen LogP contribution in [0, 0.1) is 5.92 Å². The van der Waals surface area contributed by atoms with Crippen LogP contribution in [0.3, 0.4) is 0 Å². The zero-order valence-corrected chi connectivity index (χ0v) is 12.6. The zero-order valence-electron chi connectivity index (χ0n) is 12.6. The minimum absolute atomic E-state index is 0.100. The number of amides is 1. The Bertz CT molecular complexity index is 443. The minimum atomic E-state index is 0.100. The maximum absolute atomic E-state index is 12.7. The standard InChI is InChI=1S/C17H25NO3/c19-17(13-3-1-2-4-13)18-9-10-20-16-14(18)7-8-15(16)21-11-12-5-6-12/h3,12,14-16H,1-2,4-11H2/t14-,15-,16+/m0/s1. The molecular formula is C17H25NO3. The number of carbonyl (C=O) groups excluding carboxylic acids is 1. The smallest absolute Gasteiger partial charge is 0.249 e. The molecule has 3 atom stereocenters. The maximum atomic E-state index is 12.7. The number of ether oxygens (including phenoxy) is 2. The molecule has 4 rings (SSSR count). The molecule has 3 aliphatic carbocycles. The maximum Gasteiger partial charge on any atom is 0.249 e. The Balaban J connectivity index is 1.41. The van der Waals surface area contributed by atoms with E-state index < -0.39 is 0 Å². The van der Waals surface area contributed by atoms with E-state index in [1.165, 1.54) is 12.8 Å². The number of carbonyl (C=O) groups is 1. The first-order chi connectivity index (χ1) is 10.3. The fourth-order valence-corrected chi connectivity index (χ4v) is 3.94. The van der Waals surface area contributed by atoms with E-state index in [-0.39, 0.29) is 24.2 Å². The van der Waals surface area contributed by atoms with Crippen LogP contribution in [0.25, 0.3) is 0 Å². The van der Waals surface area contributed by atoms with Gasteiger partial charge in [-0.05, 0) is 50.9 Å². The van der Waals surface area contributed by atoms with Crippen molar-refractivity contribution in [3.8, 4) is 0 Å². The Morgan fingerprint density at radius 2 is 2.24 bits per heavy atom. The summed E-state index contributed by atoms with van der Waals surface area (Å²) in [5, 5.41) is 0. The normalized spacial score (nSPS) is 35.7. The average molecular weight is 291 g/mol. The van der Waals surface area contributed by atoms with Crippen molar-refractivity contribution in [3.63, 3.8) is 0 Å². The van der Waals surface area contributed by atoms with Crippen molar-refractivity contribution in [2.24, 2.45) is 5.92 Å². The Morgan fingerprint density at radius 3 is 3.00 bits per heavy atom. The van der Waals surface area contributed by atoms with Crippen LogP contribution in [0.2, 0.25) is 0 Å². The van der Waals surface area contributed by atoms with Gasteiger partial charge in [0.15, 0.2) is 0 Å². The first-order valence-electron chi connectivity index (χ1n) is 8.56. The highest BCUT2D eigenvalue weighted by Gasteiger charge is 2.45. The number of nitrogens with zero attached hydrogens (tertiary/aromatic N) is 1. The van der Waals surface area contributed by atoms with Gasteiger partial charge in [-0.25, -0.2) is 0 Å². The topological polar surface area (TPSA) is 38.8 Å². The first-order valence-corrected chi connectivity index (χ1v) is 8.56. The molecule has 1 heterocycles. The summed E-state index contributed by atoms with van der Waals surface area (Å²) in [5.74, 6) is 1.04. The Hall–Kier alpha value is -0.870. The second kappa shape index (κ2) is 5.73. The summed E-state index contributed by atoms with van der Waals surface area (Å²) in [6.45, 7) is 2.28. The quantitative estimate of drug-likeness (QED) is 0.797. The van der Waals surface area contributed by atoms with E-state index in [4.69, 9.17) is 9.47 Å². The predicted molar refractivity (Wildman–Crippen MR) is 78.9 cm³/mol. The monoisotopic (exact) mass is 291 g/mol. The second-order valence-corrected chi connectivity index (χ2v) is 6.92. The van der Waals surface area contributed by atoms with Crippen LogP contribution in [0.15, 0.2) is 11.6 Å². The molecular weight excluding hydrogens is 266 g/mol. The molecule has 1 saturated heterocycles. The van der Waals surface area contributed by atoms with Gasteiger partial charge in [-0.2, -0.15) is 0 Å². The van der Waals surface area contributed by atoms with E-state index >= 15 is 0 Å². The Labute approximate surface area is 126 Å². The molecule has 4 nitrogen and oxygen atoms in total. The molecule has 2 saturated carbocycles. The summed E-state index contributed by atoms with van der Waals surface area (Å²) < 4.78 is 12.0. The van der Waals surface area contributed by atoms with Gasteiger partial charge in [0, 0.05) is 18.7 Å². The van der Waals surface area contributed by atoms with Gasteiger partial charge in [0.1, 0.15) is 6.10 Å². The van der Waals surface area contributed by atoms with Gasteiger partial charge in [-0.3, -0.25) is 4.79 Å². The average Bonchev–Trinajstić information content (AvgIpc) is 3.03. The summed E-state index contributed by atoms with van der Waals surface area (Å²) in [4.78, 5) is 14.8. The molecule has 1 aliphatic heterocycles. The predicted octanol–water partition coefficient (Wildman–Crippen LogP) is 2.28. The van der Waals surface area contributed by atoms with Crippen molar-refractivity contribution in [3.05, 3.63) is 11.6 Å². The van der Waals surface area contributed by atoms with Gasteiger partial charge < -0.3 is 14.4 Å². The molecule has 0 N–H and O–H groups in total. The molecule has 0 aromatic carbocycles. The lowest BCUT2D eigenvalue weighted by Gasteiger charge is -2.39. The Kier molecular flexibility index (Phi) is 3.76. The first kappa shape index (κ1) is 13.8. The lowest BCUT2D eigenvalue weighted by molar-refractivity contribution is -0.148. The molecule has 0 unspecified atom stereocenters. The molecule has 0 aromatic rings. The van der Waals surface area contributed by atoms with E-state index in [0.717, 1.165) is 56.7 Å². The van der Waals surface area contributed by atoms with Crippen molar-refractivity contribution in [1.29, 1.82) is 0 Å². The fraction of sp³-hybridized carbons (Fsp3) is 0.824. The molecule has 0 spiro atoms. The third-order valence-electron chi connectivity index (χ3n) is 5.35. The highest BCUT2D eigenvalue weighted by molar-refractivity contribution is 5.94. The SMILES string of the molecule is O=C(C1=CCCC1)N1CCO[C@H]2[C@@H](OCC3CC3)CC[C@@H]21. The molecule has 21 heavy (non-hydrogen) atoms. The van der Waals surface area contributed by atoms with Crippen molar-refractivity contribution in [2.75, 3.05) is 19.8 Å². The molecule has 1 amide bonds. The number of allylic oxidation sites excluding steroid dienone is 1. The van der Waals surface area contributed by atoms with Gasteiger partial charge in [0.25, 0.3) is 0 Å². The van der Waals surface area contributed by atoms with Crippen molar-refractivity contribution >= 4 is 5.91 Å². The van der Waals surface area contributed by atoms with Crippen LogP contribution < -0.4 is 0 Å². The molecule has 116 valence electrons. The summed E-state index contributed by atoms with van der Waals surface area (Å²) in [5.41, 5.74) is 1.03. The van der Waals surface area contributed by atoms with E-state index in [9.17, 15) is 4.79 Å². The molecule has 4 aliphatic rings. The minimum Gasteiger partial charge on any atom is -0.375 e.